The van der Waals surface area contributed by atoms with Crippen LogP contribution in [0.3, 0.4) is 0 Å². The summed E-state index contributed by atoms with van der Waals surface area (Å²) in [5.74, 6) is 3.50. The van der Waals surface area contributed by atoms with Crippen molar-refractivity contribution in [3.05, 3.63) is 29.3 Å². The number of nitriles is 1. The van der Waals surface area contributed by atoms with E-state index in [1.807, 2.05) is 23.1 Å². The van der Waals surface area contributed by atoms with Crippen LogP contribution in [-0.4, -0.2) is 34.9 Å². The van der Waals surface area contributed by atoms with Crippen LogP contribution in [0.1, 0.15) is 96.1 Å². The van der Waals surface area contributed by atoms with Crippen LogP contribution < -0.4 is 4.90 Å². The highest BCUT2D eigenvalue weighted by Gasteiger charge is 2.63. The first-order chi connectivity index (χ1) is 18.2. The number of amides is 1. The Morgan fingerprint density at radius 3 is 2.74 bits per heavy atom. The maximum Gasteiger partial charge on any atom is 0.227 e. The van der Waals surface area contributed by atoms with Crippen LogP contribution in [-0.2, 0) is 11.2 Å². The smallest absolute Gasteiger partial charge is 0.227 e. The van der Waals surface area contributed by atoms with E-state index in [1.165, 1.54) is 25.7 Å². The van der Waals surface area contributed by atoms with Gasteiger partial charge in [-0.2, -0.15) is 5.26 Å². The van der Waals surface area contributed by atoms with Gasteiger partial charge in [-0.3, -0.25) is 4.79 Å². The van der Waals surface area contributed by atoms with Crippen LogP contribution in [0.4, 0.5) is 5.69 Å². The normalized spacial score (nSPS) is 42.4. The first-order valence-corrected chi connectivity index (χ1v) is 15.4. The Labute approximate surface area is 228 Å². The van der Waals surface area contributed by atoms with Gasteiger partial charge >= 0.3 is 0 Å². The lowest BCUT2D eigenvalue weighted by Gasteiger charge is -2.62. The van der Waals surface area contributed by atoms with Crippen LogP contribution >= 0.6 is 0 Å². The third-order valence-corrected chi connectivity index (χ3v) is 12.7. The molecule has 10 atom stereocenters. The van der Waals surface area contributed by atoms with Gasteiger partial charge in [-0.25, -0.2) is 0 Å². The van der Waals surface area contributed by atoms with Crippen molar-refractivity contribution in [1.82, 2.24) is 0 Å². The van der Waals surface area contributed by atoms with Crippen LogP contribution in [0, 0.1) is 57.7 Å². The number of rotatable bonds is 4. The minimum absolute atomic E-state index is 0.0606. The molecule has 0 aromatic heterocycles. The molecular weight excluding hydrogens is 472 g/mol. The Morgan fingerprint density at radius 1 is 1.13 bits per heavy atom. The highest BCUT2D eigenvalue weighted by Crippen LogP contribution is 2.68. The van der Waals surface area contributed by atoms with Gasteiger partial charge in [-0.05, 0) is 134 Å². The van der Waals surface area contributed by atoms with Gasteiger partial charge in [0.15, 0.2) is 0 Å². The van der Waals surface area contributed by atoms with Crippen molar-refractivity contribution in [2.75, 3.05) is 11.4 Å². The molecule has 6 rings (SSSR count). The van der Waals surface area contributed by atoms with Crippen molar-refractivity contribution in [2.24, 2.45) is 46.3 Å². The molecule has 0 bridgehead atoms. The van der Waals surface area contributed by atoms with Gasteiger partial charge in [0.25, 0.3) is 0 Å². The number of aliphatic hydroxyl groups is 2. The summed E-state index contributed by atoms with van der Waals surface area (Å²) < 4.78 is 0. The Bertz CT molecular complexity index is 1130. The van der Waals surface area contributed by atoms with Crippen LogP contribution in [0.15, 0.2) is 18.2 Å². The number of benzene rings is 1. The Morgan fingerprint density at radius 2 is 1.95 bits per heavy atom. The third kappa shape index (κ3) is 3.96. The summed E-state index contributed by atoms with van der Waals surface area (Å²) in [6, 6.07) is 7.87. The Kier molecular flexibility index (Phi) is 6.67. The molecule has 0 spiro atoms. The lowest BCUT2D eigenvalue weighted by molar-refractivity contribution is -0.174. The van der Waals surface area contributed by atoms with Gasteiger partial charge < -0.3 is 15.1 Å². The molecule has 0 unspecified atom stereocenters. The van der Waals surface area contributed by atoms with Gasteiger partial charge in [0, 0.05) is 18.7 Å². The average molecular weight is 519 g/mol. The summed E-state index contributed by atoms with van der Waals surface area (Å²) in [6.07, 6.45) is 10.6. The number of hydrogen-bond donors (Lipinski definition) is 2. The van der Waals surface area contributed by atoms with Gasteiger partial charge in [0.2, 0.25) is 5.91 Å². The third-order valence-electron chi connectivity index (χ3n) is 12.7. The number of nitrogens with zero attached hydrogens (tertiary/aromatic N) is 2. The minimum atomic E-state index is -0.276. The fourth-order valence-corrected chi connectivity index (χ4v) is 10.6. The fraction of sp³-hybridized carbons (Fsp3) is 0.758. The number of carbonyl (C=O) groups excluding carboxylic acids is 1. The number of fused-ring (bicyclic) bond motifs is 6. The van der Waals surface area contributed by atoms with Gasteiger partial charge in [0.05, 0.1) is 23.8 Å². The zero-order valence-corrected chi connectivity index (χ0v) is 23.5. The minimum Gasteiger partial charge on any atom is -0.393 e. The van der Waals surface area contributed by atoms with Crippen molar-refractivity contribution in [3.8, 4) is 6.07 Å². The topological polar surface area (TPSA) is 84.6 Å². The van der Waals surface area contributed by atoms with Crippen molar-refractivity contribution in [1.29, 1.82) is 5.26 Å². The molecule has 4 fully saturated rings. The molecule has 1 aromatic rings. The first-order valence-electron chi connectivity index (χ1n) is 15.4. The lowest BCUT2D eigenvalue weighted by Crippen LogP contribution is -2.58. The zero-order valence-electron chi connectivity index (χ0n) is 23.5. The molecule has 5 aliphatic rings. The first kappa shape index (κ1) is 26.3. The molecule has 1 amide bonds. The lowest BCUT2D eigenvalue weighted by atomic mass is 9.43. The monoisotopic (exact) mass is 518 g/mol. The van der Waals surface area contributed by atoms with E-state index in [0.717, 1.165) is 49.8 Å². The molecule has 1 heterocycles. The Hall–Kier alpha value is -1.90. The summed E-state index contributed by atoms with van der Waals surface area (Å²) >= 11 is 0. The molecule has 0 radical (unpaired) electrons. The van der Waals surface area contributed by atoms with Gasteiger partial charge in [-0.1, -0.05) is 20.8 Å². The molecule has 4 saturated carbocycles. The van der Waals surface area contributed by atoms with Gasteiger partial charge in [0.1, 0.15) is 0 Å². The molecule has 4 aliphatic carbocycles. The number of aliphatic hydroxyl groups excluding tert-OH is 2. The van der Waals surface area contributed by atoms with E-state index in [9.17, 15) is 20.3 Å². The van der Waals surface area contributed by atoms with Gasteiger partial charge in [-0.15, -0.1) is 0 Å². The van der Waals surface area contributed by atoms with E-state index in [0.29, 0.717) is 54.0 Å². The summed E-state index contributed by atoms with van der Waals surface area (Å²) in [5.41, 5.74) is 2.94. The maximum atomic E-state index is 13.3. The van der Waals surface area contributed by atoms with E-state index in [4.69, 9.17) is 0 Å². The molecule has 1 aromatic carbocycles. The van der Waals surface area contributed by atoms with E-state index in [1.54, 1.807) is 0 Å². The second-order valence-corrected chi connectivity index (χ2v) is 14.2. The molecule has 38 heavy (non-hydrogen) atoms. The molecule has 1 aliphatic heterocycles. The largest absolute Gasteiger partial charge is 0.393 e. The van der Waals surface area contributed by atoms with Crippen LogP contribution in [0.25, 0.3) is 0 Å². The standard InChI is InChI=1S/C33H46N2O3/c1-20(4-11-31(38)35-15-13-22-16-21(19-34)5-10-29(22)35)26-8-9-27-25-7-6-23-17-24(36)12-14-32(23,2)28(25)18-30(37)33(26,27)3/h5,10,16,20,23-28,30,36-37H,4,6-9,11-15,17-18H2,1-3H3/t20-,23-,24-,25+,26-,27+,28+,30+,32+,33-/m1/s1. The molecule has 0 saturated heterocycles. The summed E-state index contributed by atoms with van der Waals surface area (Å²) in [7, 11) is 0. The summed E-state index contributed by atoms with van der Waals surface area (Å²) in [6.45, 7) is 7.90. The summed E-state index contributed by atoms with van der Waals surface area (Å²) in [5, 5.41) is 31.3. The predicted octanol–water partition coefficient (Wildman–Crippen LogP) is 5.85. The predicted molar refractivity (Wildman–Crippen MR) is 148 cm³/mol. The highest BCUT2D eigenvalue weighted by atomic mass is 16.3. The van der Waals surface area contributed by atoms with Crippen LogP contribution in [0.2, 0.25) is 0 Å². The molecular formula is C33H46N2O3. The van der Waals surface area contributed by atoms with Crippen molar-refractivity contribution < 1.29 is 15.0 Å². The second-order valence-electron chi connectivity index (χ2n) is 14.2. The molecule has 5 heteroatoms. The van der Waals surface area contributed by atoms with Crippen molar-refractivity contribution >= 4 is 11.6 Å². The van der Waals surface area contributed by atoms with Crippen molar-refractivity contribution in [3.63, 3.8) is 0 Å². The number of hydrogen-bond acceptors (Lipinski definition) is 4. The molecule has 5 nitrogen and oxygen atoms in total. The van der Waals surface area contributed by atoms with E-state index in [2.05, 4.69) is 26.8 Å². The van der Waals surface area contributed by atoms with E-state index < -0.39 is 0 Å². The molecule has 206 valence electrons. The van der Waals surface area contributed by atoms with Crippen molar-refractivity contribution in [2.45, 2.75) is 104 Å². The quantitative estimate of drug-likeness (QED) is 0.523. The van der Waals surface area contributed by atoms with E-state index in [-0.39, 0.29) is 28.9 Å². The number of anilines is 1. The maximum absolute atomic E-state index is 13.3. The molecule has 2 N–H and O–H groups in total. The number of carbonyl (C=O) groups is 1. The highest BCUT2D eigenvalue weighted by molar-refractivity contribution is 5.95. The van der Waals surface area contributed by atoms with Crippen LogP contribution in [0.5, 0.6) is 0 Å². The second kappa shape index (κ2) is 9.63. The fourth-order valence-electron chi connectivity index (χ4n) is 10.6. The van der Waals surface area contributed by atoms with E-state index >= 15 is 0 Å². The SMILES string of the molecule is C[C@H](CCC(=O)N1CCc2cc(C#N)ccc21)[C@H]1CC[C@H]2[C@@H]3CC[C@@H]4C[C@H](O)CC[C@]4(C)[C@H]3C[C@H](O)[C@]12C. The zero-order chi connectivity index (χ0) is 26.8. The average Bonchev–Trinajstić information content (AvgIpc) is 3.49. The summed E-state index contributed by atoms with van der Waals surface area (Å²) in [4.78, 5) is 15.2. The Balaban J connectivity index is 1.13.